The number of hydrogen-bond donors (Lipinski definition) is 0. The van der Waals surface area contributed by atoms with Crippen molar-refractivity contribution in [2.45, 2.75) is 19.4 Å². The lowest BCUT2D eigenvalue weighted by Gasteiger charge is -2.37. The fourth-order valence-electron chi connectivity index (χ4n) is 13.1. The largest absolute Gasteiger partial charge is 0.455 e. The molecule has 5 nitrogen and oxygen atoms in total. The lowest BCUT2D eigenvalue weighted by molar-refractivity contribution is 0.467. The highest BCUT2D eigenvalue weighted by atomic mass is 19.1. The summed E-state index contributed by atoms with van der Waals surface area (Å²) < 4.78 is 53.8. The van der Waals surface area contributed by atoms with Crippen LogP contribution in [-0.4, -0.2) is 13.7 Å². The van der Waals surface area contributed by atoms with Crippen molar-refractivity contribution in [1.29, 1.82) is 0 Å². The summed E-state index contributed by atoms with van der Waals surface area (Å²) in [5.74, 6) is -0.743. The van der Waals surface area contributed by atoms with E-state index >= 15 is 8.78 Å². The summed E-state index contributed by atoms with van der Waals surface area (Å²) in [4.78, 5) is 0. The fourth-order valence-corrected chi connectivity index (χ4v) is 13.1. The van der Waals surface area contributed by atoms with Gasteiger partial charge in [-0.2, -0.15) is 0 Å². The average Bonchev–Trinajstić information content (AvgIpc) is 4.36. The molecule has 0 fully saturated rings. The SMILES string of the molecule is CC(C)(c1c(-c2cccc(F)c2)c(-n2c3ccccc3c3c4oc5ccccc5c4ccc32)cc(-n2c3ccccc3c3c4oc5ccccc5c4ccc32)c1-c1cccc(F)c1)n1c2ccccc2c2ccccc21. The fraction of sp³-hybridized carbons (Fsp3) is 0.0435. The van der Waals surface area contributed by atoms with Crippen LogP contribution in [-0.2, 0) is 5.54 Å². The van der Waals surface area contributed by atoms with Crippen molar-refractivity contribution in [2.75, 3.05) is 0 Å². The van der Waals surface area contributed by atoms with Gasteiger partial charge in [0.2, 0.25) is 0 Å². The molecule has 5 heterocycles. The number of aromatic nitrogens is 3. The highest BCUT2D eigenvalue weighted by molar-refractivity contribution is 6.26. The van der Waals surface area contributed by atoms with E-state index in [-0.39, 0.29) is 11.6 Å². The van der Waals surface area contributed by atoms with Gasteiger partial charge in [-0.05, 0) is 122 Å². The average molecular weight is 984 g/mol. The van der Waals surface area contributed by atoms with Gasteiger partial charge in [0.25, 0.3) is 0 Å². The second kappa shape index (κ2) is 15.7. The maximum atomic E-state index is 16.5. The van der Waals surface area contributed by atoms with Gasteiger partial charge in [-0.25, -0.2) is 8.78 Å². The van der Waals surface area contributed by atoms with Crippen molar-refractivity contribution in [3.05, 3.63) is 242 Å². The summed E-state index contributed by atoms with van der Waals surface area (Å²) in [5, 5.41) is 10.3. The van der Waals surface area contributed by atoms with Crippen LogP contribution in [0.5, 0.6) is 0 Å². The molecule has 0 aliphatic carbocycles. The first-order valence-electron chi connectivity index (χ1n) is 25.7. The Kier molecular flexibility index (Phi) is 8.80. The summed E-state index contributed by atoms with van der Waals surface area (Å²) in [6.45, 7) is 4.52. The molecule has 0 saturated heterocycles. The Bertz CT molecular complexity index is 4830. The van der Waals surface area contributed by atoms with Crippen molar-refractivity contribution in [1.82, 2.24) is 13.7 Å². The van der Waals surface area contributed by atoms with Crippen LogP contribution in [0.3, 0.4) is 0 Å². The summed E-state index contributed by atoms with van der Waals surface area (Å²) in [5.41, 5.74) is 13.4. The molecule has 0 N–H and O–H groups in total. The van der Waals surface area contributed by atoms with E-state index in [0.717, 1.165) is 137 Å². The lowest BCUT2D eigenvalue weighted by atomic mass is 9.78. The third kappa shape index (κ3) is 5.82. The van der Waals surface area contributed by atoms with Gasteiger partial charge in [0.15, 0.2) is 0 Å². The molecule has 360 valence electrons. The van der Waals surface area contributed by atoms with Crippen molar-refractivity contribution in [3.63, 3.8) is 0 Å². The normalized spacial score (nSPS) is 12.5. The van der Waals surface area contributed by atoms with E-state index in [1.165, 1.54) is 12.1 Å². The zero-order valence-electron chi connectivity index (χ0n) is 41.3. The minimum absolute atomic E-state index is 0.371. The van der Waals surface area contributed by atoms with Crippen LogP contribution in [0, 0.1) is 11.6 Å². The van der Waals surface area contributed by atoms with Crippen LogP contribution in [0.1, 0.15) is 19.4 Å². The summed E-state index contributed by atoms with van der Waals surface area (Å²) in [6, 6.07) is 75.3. The molecule has 0 amide bonds. The Morgan fingerprint density at radius 3 is 1.18 bits per heavy atom. The first kappa shape index (κ1) is 42.8. The lowest BCUT2D eigenvalue weighted by Crippen LogP contribution is -2.30. The van der Waals surface area contributed by atoms with Gasteiger partial charge in [0.1, 0.15) is 34.0 Å². The van der Waals surface area contributed by atoms with Gasteiger partial charge in [0.05, 0.1) is 49.8 Å². The second-order valence-corrected chi connectivity index (χ2v) is 20.6. The summed E-state index contributed by atoms with van der Waals surface area (Å²) in [7, 11) is 0. The van der Waals surface area contributed by atoms with E-state index < -0.39 is 5.54 Å². The maximum absolute atomic E-state index is 16.5. The Hall–Kier alpha value is -9.72. The topological polar surface area (TPSA) is 41.1 Å². The molecule has 0 saturated carbocycles. The smallest absolute Gasteiger partial charge is 0.145 e. The molecule has 0 spiro atoms. The van der Waals surface area contributed by atoms with Crippen molar-refractivity contribution >= 4 is 109 Å². The van der Waals surface area contributed by atoms with Crippen molar-refractivity contribution < 1.29 is 17.6 Å². The predicted molar refractivity (Wildman–Crippen MR) is 308 cm³/mol. The molecular weight excluding hydrogens is 941 g/mol. The number of halogens is 2. The standard InChI is InChI=1S/C69H43F2N3O2/c1-69(2,74-54-29-11-3-21-44(54)45-22-4-12-30-55(45)74)66-62(40-17-15-19-42(70)37-40)58(72-52-27-9-5-25-50(52)64-56(72)35-33-48-46-23-7-13-31-60(46)75-67(48)64)39-59(63(66)41-18-16-20-43(71)38-41)73-53-28-10-6-26-51(53)65-57(73)36-34-49-47-24-8-14-32-61(47)76-68(49)65/h3-39H,1-2H3. The number of rotatable bonds is 6. The molecule has 0 bridgehead atoms. The Balaban J connectivity index is 1.17. The number of para-hydroxylation sites is 6. The Morgan fingerprint density at radius 2 is 0.737 bits per heavy atom. The number of nitrogens with zero attached hydrogens (tertiary/aromatic N) is 3. The number of fused-ring (bicyclic) bond motifs is 17. The van der Waals surface area contributed by atoms with Crippen LogP contribution >= 0.6 is 0 Å². The zero-order valence-corrected chi connectivity index (χ0v) is 41.3. The minimum atomic E-state index is -0.966. The molecule has 0 aliphatic rings. The van der Waals surface area contributed by atoms with Gasteiger partial charge in [-0.3, -0.25) is 0 Å². The number of benzene rings is 11. The molecule has 16 rings (SSSR count). The van der Waals surface area contributed by atoms with E-state index in [1.54, 1.807) is 24.3 Å². The highest BCUT2D eigenvalue weighted by Crippen LogP contribution is 2.53. The molecule has 7 heteroatoms. The number of hydrogen-bond acceptors (Lipinski definition) is 2. The van der Waals surface area contributed by atoms with E-state index in [9.17, 15) is 0 Å². The minimum Gasteiger partial charge on any atom is -0.455 e. The molecule has 0 aliphatic heterocycles. The molecule has 76 heavy (non-hydrogen) atoms. The Morgan fingerprint density at radius 1 is 0.342 bits per heavy atom. The first-order valence-corrected chi connectivity index (χ1v) is 25.7. The van der Waals surface area contributed by atoms with Crippen LogP contribution in [0.25, 0.3) is 143 Å². The molecular formula is C69H43F2N3O2. The monoisotopic (exact) mass is 983 g/mol. The van der Waals surface area contributed by atoms with Crippen LogP contribution in [0.2, 0.25) is 0 Å². The van der Waals surface area contributed by atoms with Gasteiger partial charge in [-0.15, -0.1) is 0 Å². The van der Waals surface area contributed by atoms with Crippen molar-refractivity contribution in [2.24, 2.45) is 0 Å². The molecule has 11 aromatic carbocycles. The Labute approximate surface area is 433 Å². The number of furan rings is 2. The van der Waals surface area contributed by atoms with E-state index in [1.807, 2.05) is 48.5 Å². The van der Waals surface area contributed by atoms with Crippen LogP contribution < -0.4 is 0 Å². The molecule has 16 aromatic rings. The zero-order chi connectivity index (χ0) is 50.6. The molecule has 0 atom stereocenters. The molecule has 0 radical (unpaired) electrons. The maximum Gasteiger partial charge on any atom is 0.145 e. The van der Waals surface area contributed by atoms with Gasteiger partial charge in [-0.1, -0.05) is 133 Å². The van der Waals surface area contributed by atoms with E-state index in [4.69, 9.17) is 8.83 Å². The summed E-state index contributed by atoms with van der Waals surface area (Å²) in [6.07, 6.45) is 0. The quantitative estimate of drug-likeness (QED) is 0.167. The van der Waals surface area contributed by atoms with Crippen molar-refractivity contribution in [3.8, 4) is 33.6 Å². The van der Waals surface area contributed by atoms with Gasteiger partial charge in [0, 0.05) is 65.3 Å². The first-order chi connectivity index (χ1) is 37.3. The van der Waals surface area contributed by atoms with E-state index in [0.29, 0.717) is 11.1 Å². The van der Waals surface area contributed by atoms with Crippen LogP contribution in [0.15, 0.2) is 233 Å². The highest BCUT2D eigenvalue weighted by Gasteiger charge is 2.38. The van der Waals surface area contributed by atoms with Crippen LogP contribution in [0.4, 0.5) is 8.78 Å². The molecule has 5 aromatic heterocycles. The molecule has 0 unspecified atom stereocenters. The summed E-state index contributed by atoms with van der Waals surface area (Å²) >= 11 is 0. The van der Waals surface area contributed by atoms with Gasteiger partial charge < -0.3 is 22.5 Å². The predicted octanol–water partition coefficient (Wildman–Crippen LogP) is 19.2. The second-order valence-electron chi connectivity index (χ2n) is 20.6. The third-order valence-corrected chi connectivity index (χ3v) is 16.1. The van der Waals surface area contributed by atoms with Gasteiger partial charge >= 0.3 is 0 Å². The van der Waals surface area contributed by atoms with E-state index in [2.05, 4.69) is 167 Å². The third-order valence-electron chi connectivity index (χ3n) is 16.1.